The molecule has 0 unspecified atom stereocenters. The van der Waals surface area contributed by atoms with Crippen LogP contribution in [0.4, 0.5) is 13.2 Å². The summed E-state index contributed by atoms with van der Waals surface area (Å²) in [5.41, 5.74) is -0.378. The van der Waals surface area contributed by atoms with E-state index in [0.29, 0.717) is 24.7 Å². The largest absolute Gasteiger partial charge is 0.417 e. The van der Waals surface area contributed by atoms with Crippen LogP contribution in [0.3, 0.4) is 0 Å². The number of fused-ring (bicyclic) bond motifs is 1. The molecule has 0 bridgehead atoms. The quantitative estimate of drug-likeness (QED) is 0.620. The van der Waals surface area contributed by atoms with Gasteiger partial charge < -0.3 is 0 Å². The van der Waals surface area contributed by atoms with Crippen LogP contribution in [0, 0.1) is 0 Å². The third-order valence-corrected chi connectivity index (χ3v) is 5.46. The summed E-state index contributed by atoms with van der Waals surface area (Å²) in [4.78, 5) is 7.51. The first-order chi connectivity index (χ1) is 12.7. The molecular formula is C15H13ClF3N5O2S. The summed E-state index contributed by atoms with van der Waals surface area (Å²) in [6.45, 7) is 0.0434. The number of aromatic nitrogens is 4. The standard InChI is InChI=1S/C15H13ClF3N5O2S/c16-13-4-3-11(6-12(13)15(17,18)19)27(25,26)23-5-1-2-10-7-20-14-21-9-22-24(14)8-10/h3-4,6-9,23H,1-2,5H2. The van der Waals surface area contributed by atoms with Crippen LogP contribution in [0.25, 0.3) is 5.78 Å². The number of halogens is 4. The van der Waals surface area contributed by atoms with E-state index in [4.69, 9.17) is 11.6 Å². The highest BCUT2D eigenvalue weighted by Gasteiger charge is 2.34. The molecule has 3 aromatic rings. The molecule has 0 spiro atoms. The van der Waals surface area contributed by atoms with Crippen molar-refractivity contribution in [2.75, 3.05) is 6.54 Å². The van der Waals surface area contributed by atoms with Crippen molar-refractivity contribution in [2.24, 2.45) is 0 Å². The average Bonchev–Trinajstić information content (AvgIpc) is 3.05. The van der Waals surface area contributed by atoms with E-state index in [1.807, 2.05) is 0 Å². The van der Waals surface area contributed by atoms with Crippen LogP contribution < -0.4 is 4.72 Å². The van der Waals surface area contributed by atoms with Gasteiger partial charge in [-0.25, -0.2) is 22.6 Å². The molecule has 0 saturated carbocycles. The van der Waals surface area contributed by atoms with Crippen molar-refractivity contribution in [1.82, 2.24) is 24.3 Å². The molecule has 2 heterocycles. The Labute approximate surface area is 157 Å². The normalized spacial score (nSPS) is 12.6. The van der Waals surface area contributed by atoms with Gasteiger partial charge in [-0.2, -0.15) is 23.3 Å². The minimum atomic E-state index is -4.74. The van der Waals surface area contributed by atoms with E-state index >= 15 is 0 Å². The number of nitrogens with one attached hydrogen (secondary N) is 1. The van der Waals surface area contributed by atoms with Gasteiger partial charge in [0.25, 0.3) is 5.78 Å². The van der Waals surface area contributed by atoms with Crippen molar-refractivity contribution in [3.63, 3.8) is 0 Å². The van der Waals surface area contributed by atoms with Gasteiger partial charge in [-0.3, -0.25) is 0 Å². The molecule has 0 aliphatic carbocycles. The van der Waals surface area contributed by atoms with Crippen LogP contribution in [-0.2, 0) is 22.6 Å². The first-order valence-corrected chi connectivity index (χ1v) is 9.53. The summed E-state index contributed by atoms with van der Waals surface area (Å²) >= 11 is 5.51. The lowest BCUT2D eigenvalue weighted by Crippen LogP contribution is -2.25. The second kappa shape index (κ2) is 7.41. The first-order valence-electron chi connectivity index (χ1n) is 7.67. The number of nitrogens with zero attached hydrogens (tertiary/aromatic N) is 4. The molecule has 0 aliphatic rings. The molecule has 27 heavy (non-hydrogen) atoms. The second-order valence-electron chi connectivity index (χ2n) is 5.61. The Morgan fingerprint density at radius 1 is 1.22 bits per heavy atom. The number of hydrogen-bond donors (Lipinski definition) is 1. The van der Waals surface area contributed by atoms with Gasteiger partial charge in [0.05, 0.1) is 15.5 Å². The maximum Gasteiger partial charge on any atom is 0.417 e. The summed E-state index contributed by atoms with van der Waals surface area (Å²) in [7, 11) is -4.09. The summed E-state index contributed by atoms with van der Waals surface area (Å²) in [5, 5.41) is 3.39. The fourth-order valence-electron chi connectivity index (χ4n) is 2.36. The van der Waals surface area contributed by atoms with Crippen LogP contribution in [0.15, 0.2) is 41.8 Å². The van der Waals surface area contributed by atoms with E-state index in [2.05, 4.69) is 19.8 Å². The van der Waals surface area contributed by atoms with Crippen LogP contribution in [0.5, 0.6) is 0 Å². The molecule has 0 atom stereocenters. The molecule has 7 nitrogen and oxygen atoms in total. The van der Waals surface area contributed by atoms with Gasteiger partial charge >= 0.3 is 6.18 Å². The van der Waals surface area contributed by atoms with Gasteiger partial charge in [0.2, 0.25) is 10.0 Å². The Bertz CT molecular complexity index is 1070. The molecule has 0 amide bonds. The monoisotopic (exact) mass is 419 g/mol. The molecule has 0 fully saturated rings. The predicted molar refractivity (Wildman–Crippen MR) is 90.7 cm³/mol. The van der Waals surface area contributed by atoms with Crippen LogP contribution in [0.1, 0.15) is 17.5 Å². The van der Waals surface area contributed by atoms with E-state index in [1.165, 1.54) is 10.8 Å². The highest BCUT2D eigenvalue weighted by atomic mass is 35.5. The fraction of sp³-hybridized carbons (Fsp3) is 0.267. The lowest BCUT2D eigenvalue weighted by atomic mass is 10.2. The van der Waals surface area contributed by atoms with E-state index in [9.17, 15) is 21.6 Å². The Hall–Kier alpha value is -2.24. The lowest BCUT2D eigenvalue weighted by Gasteiger charge is -2.12. The average molecular weight is 420 g/mol. The molecule has 0 aliphatic heterocycles. The van der Waals surface area contributed by atoms with Gasteiger partial charge in [0.15, 0.2) is 0 Å². The summed E-state index contributed by atoms with van der Waals surface area (Å²) in [5.74, 6) is 0.447. The summed E-state index contributed by atoms with van der Waals surface area (Å²) < 4.78 is 66.9. The van der Waals surface area contributed by atoms with Crippen molar-refractivity contribution >= 4 is 27.4 Å². The molecule has 1 aromatic carbocycles. The molecule has 3 rings (SSSR count). The molecule has 2 aromatic heterocycles. The van der Waals surface area contributed by atoms with Gasteiger partial charge in [-0.1, -0.05) is 11.6 Å². The van der Waals surface area contributed by atoms with E-state index in [-0.39, 0.29) is 6.54 Å². The summed E-state index contributed by atoms with van der Waals surface area (Å²) in [6.07, 6.45) is 0.865. The Kier molecular flexibility index (Phi) is 5.36. The molecule has 0 saturated heterocycles. The van der Waals surface area contributed by atoms with Gasteiger partial charge in [-0.15, -0.1) is 0 Å². The number of rotatable bonds is 6. The molecule has 1 N–H and O–H groups in total. The number of alkyl halides is 3. The maximum atomic E-state index is 12.9. The van der Waals surface area contributed by atoms with E-state index in [1.54, 1.807) is 12.4 Å². The third kappa shape index (κ3) is 4.54. The van der Waals surface area contributed by atoms with Crippen LogP contribution >= 0.6 is 11.6 Å². The Balaban J connectivity index is 1.63. The van der Waals surface area contributed by atoms with Crippen molar-refractivity contribution in [2.45, 2.75) is 23.9 Å². The number of benzene rings is 1. The molecule has 0 radical (unpaired) electrons. The van der Waals surface area contributed by atoms with Gasteiger partial charge in [0.1, 0.15) is 6.33 Å². The number of sulfonamides is 1. The van der Waals surface area contributed by atoms with Crippen molar-refractivity contribution in [3.05, 3.63) is 53.1 Å². The Morgan fingerprint density at radius 2 is 2.00 bits per heavy atom. The van der Waals surface area contributed by atoms with E-state index in [0.717, 1.165) is 17.7 Å². The van der Waals surface area contributed by atoms with Crippen molar-refractivity contribution in [3.8, 4) is 0 Å². The molecule has 12 heteroatoms. The van der Waals surface area contributed by atoms with E-state index < -0.39 is 31.7 Å². The molecule has 144 valence electrons. The SMILES string of the molecule is O=S(=O)(NCCCc1cnc2ncnn2c1)c1ccc(Cl)c(C(F)(F)F)c1. The number of hydrogen-bond acceptors (Lipinski definition) is 5. The maximum absolute atomic E-state index is 12.9. The van der Waals surface area contributed by atoms with Gasteiger partial charge in [-0.05, 0) is 36.6 Å². The third-order valence-electron chi connectivity index (χ3n) is 3.68. The Morgan fingerprint density at radius 3 is 2.74 bits per heavy atom. The topological polar surface area (TPSA) is 89.2 Å². The number of aryl methyl sites for hydroxylation is 1. The zero-order valence-electron chi connectivity index (χ0n) is 13.6. The minimum Gasteiger partial charge on any atom is -0.219 e. The van der Waals surface area contributed by atoms with Crippen molar-refractivity contribution < 1.29 is 21.6 Å². The highest BCUT2D eigenvalue weighted by molar-refractivity contribution is 7.89. The second-order valence-corrected chi connectivity index (χ2v) is 7.78. The zero-order valence-corrected chi connectivity index (χ0v) is 15.2. The smallest absolute Gasteiger partial charge is 0.219 e. The molecular weight excluding hydrogens is 407 g/mol. The fourth-order valence-corrected chi connectivity index (χ4v) is 3.68. The zero-order chi connectivity index (χ0) is 19.7. The lowest BCUT2D eigenvalue weighted by molar-refractivity contribution is -0.137. The highest BCUT2D eigenvalue weighted by Crippen LogP contribution is 2.35. The first kappa shape index (κ1) is 19.5. The minimum absolute atomic E-state index is 0.0434. The van der Waals surface area contributed by atoms with Crippen molar-refractivity contribution in [1.29, 1.82) is 0 Å². The summed E-state index contributed by atoms with van der Waals surface area (Å²) in [6, 6.07) is 2.47. The van der Waals surface area contributed by atoms with Gasteiger partial charge in [0, 0.05) is 18.9 Å². The van der Waals surface area contributed by atoms with Crippen LogP contribution in [0.2, 0.25) is 5.02 Å². The van der Waals surface area contributed by atoms with Crippen LogP contribution in [-0.4, -0.2) is 34.5 Å². The predicted octanol–water partition coefficient (Wildman–Crippen LogP) is 2.71.